The number of aromatic nitrogens is 4. The molecule has 0 fully saturated rings. The Morgan fingerprint density at radius 1 is 1.21 bits per heavy atom. The summed E-state index contributed by atoms with van der Waals surface area (Å²) in [7, 11) is 0. The first-order valence-corrected chi connectivity index (χ1v) is 8.99. The van der Waals surface area contributed by atoms with E-state index in [0.29, 0.717) is 39.2 Å². The van der Waals surface area contributed by atoms with Gasteiger partial charge in [0.15, 0.2) is 0 Å². The van der Waals surface area contributed by atoms with Crippen LogP contribution in [0.15, 0.2) is 53.5 Å². The standard InChI is InChI=1S/C20H14ClFN4O3/c21-14-5-12-8-16(20(28)29)19(27)23-18(12)13(6-14)9-26-10-15(24-25-26)7-11-3-1-2-4-17(11)22/h1-6,8,10H,7,9H2,(H,23,27)(H,28,29). The van der Waals surface area contributed by atoms with E-state index in [1.54, 1.807) is 41.2 Å². The van der Waals surface area contributed by atoms with Gasteiger partial charge in [0.1, 0.15) is 11.4 Å². The Kier molecular flexibility index (Phi) is 4.85. The van der Waals surface area contributed by atoms with Gasteiger partial charge < -0.3 is 10.1 Å². The second-order valence-electron chi connectivity index (χ2n) is 6.52. The second kappa shape index (κ2) is 7.48. The predicted octanol–water partition coefficient (Wildman–Crippen LogP) is 3.25. The van der Waals surface area contributed by atoms with Gasteiger partial charge in [-0.05, 0) is 35.4 Å². The van der Waals surface area contributed by atoms with E-state index >= 15 is 0 Å². The maximum Gasteiger partial charge on any atom is 0.341 e. The molecule has 0 spiro atoms. The molecule has 146 valence electrons. The number of carbonyl (C=O) groups is 1. The van der Waals surface area contributed by atoms with Crippen LogP contribution in [-0.2, 0) is 13.0 Å². The van der Waals surface area contributed by atoms with E-state index in [4.69, 9.17) is 16.7 Å². The average molecular weight is 413 g/mol. The lowest BCUT2D eigenvalue weighted by molar-refractivity contribution is 0.0695. The first-order valence-electron chi connectivity index (χ1n) is 8.62. The molecule has 2 aromatic carbocycles. The van der Waals surface area contributed by atoms with Gasteiger partial charge in [-0.3, -0.25) is 4.79 Å². The van der Waals surface area contributed by atoms with Crippen LogP contribution < -0.4 is 5.56 Å². The Morgan fingerprint density at radius 3 is 2.76 bits per heavy atom. The van der Waals surface area contributed by atoms with Crippen molar-refractivity contribution in [1.82, 2.24) is 20.0 Å². The number of aromatic carboxylic acids is 1. The minimum Gasteiger partial charge on any atom is -0.477 e. The largest absolute Gasteiger partial charge is 0.477 e. The smallest absolute Gasteiger partial charge is 0.341 e. The molecule has 2 N–H and O–H groups in total. The van der Waals surface area contributed by atoms with E-state index in [1.807, 2.05) is 0 Å². The van der Waals surface area contributed by atoms with Crippen LogP contribution in [-0.4, -0.2) is 31.1 Å². The average Bonchev–Trinajstić information content (AvgIpc) is 3.10. The van der Waals surface area contributed by atoms with Crippen LogP contribution in [0.2, 0.25) is 5.02 Å². The molecule has 0 atom stereocenters. The number of halogens is 2. The monoisotopic (exact) mass is 412 g/mol. The van der Waals surface area contributed by atoms with E-state index in [2.05, 4.69) is 15.3 Å². The molecule has 0 aliphatic rings. The third-order valence-corrected chi connectivity index (χ3v) is 4.69. The highest BCUT2D eigenvalue weighted by atomic mass is 35.5. The summed E-state index contributed by atoms with van der Waals surface area (Å²) in [6.45, 7) is 0.240. The predicted molar refractivity (Wildman–Crippen MR) is 105 cm³/mol. The highest BCUT2D eigenvalue weighted by molar-refractivity contribution is 6.31. The number of aromatic amines is 1. The van der Waals surface area contributed by atoms with Crippen LogP contribution in [0.1, 0.15) is 27.2 Å². The number of H-pyrrole nitrogens is 1. The second-order valence-corrected chi connectivity index (χ2v) is 6.96. The van der Waals surface area contributed by atoms with E-state index in [-0.39, 0.29) is 17.9 Å². The zero-order valence-electron chi connectivity index (χ0n) is 14.9. The molecule has 0 bridgehead atoms. The number of pyridine rings is 1. The number of carboxylic acids is 1. The molecule has 2 heterocycles. The molecule has 0 aliphatic heterocycles. The first-order chi connectivity index (χ1) is 13.9. The van der Waals surface area contributed by atoms with Crippen LogP contribution in [0.3, 0.4) is 0 Å². The highest BCUT2D eigenvalue weighted by Crippen LogP contribution is 2.23. The Morgan fingerprint density at radius 2 is 2.00 bits per heavy atom. The highest BCUT2D eigenvalue weighted by Gasteiger charge is 2.14. The summed E-state index contributed by atoms with van der Waals surface area (Å²) in [4.78, 5) is 25.9. The fraction of sp³-hybridized carbons (Fsp3) is 0.100. The number of carboxylic acid groups (broad SMARTS) is 1. The van der Waals surface area contributed by atoms with Crippen molar-refractivity contribution in [2.45, 2.75) is 13.0 Å². The van der Waals surface area contributed by atoms with Gasteiger partial charge in [0, 0.05) is 23.0 Å². The van der Waals surface area contributed by atoms with Crippen molar-refractivity contribution in [2.75, 3.05) is 0 Å². The van der Waals surface area contributed by atoms with Crippen molar-refractivity contribution in [1.29, 1.82) is 0 Å². The van der Waals surface area contributed by atoms with Gasteiger partial charge in [0.25, 0.3) is 5.56 Å². The summed E-state index contributed by atoms with van der Waals surface area (Å²) >= 11 is 6.17. The Balaban J connectivity index is 1.67. The van der Waals surface area contributed by atoms with E-state index in [0.717, 1.165) is 0 Å². The molecule has 4 aromatic rings. The van der Waals surface area contributed by atoms with Gasteiger partial charge in [-0.2, -0.15) is 0 Å². The third-order valence-electron chi connectivity index (χ3n) is 4.48. The van der Waals surface area contributed by atoms with Crippen molar-refractivity contribution in [3.05, 3.63) is 92.2 Å². The molecular formula is C20H14ClFN4O3. The minimum atomic E-state index is -1.32. The number of fused-ring (bicyclic) bond motifs is 1. The summed E-state index contributed by atoms with van der Waals surface area (Å²) in [5.74, 6) is -1.63. The molecule has 9 heteroatoms. The van der Waals surface area contributed by atoms with Gasteiger partial charge in [-0.25, -0.2) is 13.9 Å². The molecule has 29 heavy (non-hydrogen) atoms. The summed E-state index contributed by atoms with van der Waals surface area (Å²) in [6.07, 6.45) is 1.98. The Hall–Kier alpha value is -3.52. The van der Waals surface area contributed by atoms with Crippen LogP contribution in [0, 0.1) is 5.82 Å². The lowest BCUT2D eigenvalue weighted by Gasteiger charge is -2.08. The number of nitrogens with one attached hydrogen (secondary N) is 1. The van der Waals surface area contributed by atoms with Crippen molar-refractivity contribution < 1.29 is 14.3 Å². The number of hydrogen-bond donors (Lipinski definition) is 2. The van der Waals surface area contributed by atoms with E-state index < -0.39 is 11.5 Å². The summed E-state index contributed by atoms with van der Waals surface area (Å²) in [6, 6.07) is 11.0. The molecule has 7 nitrogen and oxygen atoms in total. The molecule has 0 unspecified atom stereocenters. The molecule has 0 saturated carbocycles. The molecule has 0 saturated heterocycles. The molecule has 0 aliphatic carbocycles. The van der Waals surface area contributed by atoms with Crippen LogP contribution in [0.4, 0.5) is 4.39 Å². The topological polar surface area (TPSA) is 101 Å². The normalized spacial score (nSPS) is 11.1. The number of benzene rings is 2. The zero-order chi connectivity index (χ0) is 20.5. The van der Waals surface area contributed by atoms with Crippen LogP contribution in [0.25, 0.3) is 10.9 Å². The van der Waals surface area contributed by atoms with Gasteiger partial charge >= 0.3 is 5.97 Å². The first kappa shape index (κ1) is 18.8. The lowest BCUT2D eigenvalue weighted by Crippen LogP contribution is -2.17. The van der Waals surface area contributed by atoms with Gasteiger partial charge in [0.05, 0.1) is 17.8 Å². The zero-order valence-corrected chi connectivity index (χ0v) is 15.7. The van der Waals surface area contributed by atoms with E-state index in [1.165, 1.54) is 12.1 Å². The van der Waals surface area contributed by atoms with Crippen molar-refractivity contribution >= 4 is 28.5 Å². The fourth-order valence-electron chi connectivity index (χ4n) is 3.15. The maximum absolute atomic E-state index is 13.8. The summed E-state index contributed by atoms with van der Waals surface area (Å²) < 4.78 is 15.4. The molecule has 2 aromatic heterocycles. The number of hydrogen-bond acceptors (Lipinski definition) is 4. The minimum absolute atomic E-state index is 0.240. The van der Waals surface area contributed by atoms with Gasteiger partial charge in [-0.15, -0.1) is 5.10 Å². The Labute approximate surface area is 168 Å². The third kappa shape index (κ3) is 3.88. The van der Waals surface area contributed by atoms with Gasteiger partial charge in [0.2, 0.25) is 0 Å². The number of nitrogens with zero attached hydrogens (tertiary/aromatic N) is 3. The molecule has 4 rings (SSSR count). The number of rotatable bonds is 5. The van der Waals surface area contributed by atoms with Crippen LogP contribution in [0.5, 0.6) is 0 Å². The Bertz CT molecular complexity index is 1300. The lowest BCUT2D eigenvalue weighted by atomic mass is 10.1. The van der Waals surface area contributed by atoms with Gasteiger partial charge in [-0.1, -0.05) is 35.0 Å². The van der Waals surface area contributed by atoms with Crippen LogP contribution >= 0.6 is 11.6 Å². The summed E-state index contributed by atoms with van der Waals surface area (Å²) in [5, 5.41) is 18.2. The molecule has 0 amide bonds. The molecule has 0 radical (unpaired) electrons. The quantitative estimate of drug-likeness (QED) is 0.524. The fourth-order valence-corrected chi connectivity index (χ4v) is 3.40. The summed E-state index contributed by atoms with van der Waals surface area (Å²) in [5.41, 5.74) is 1.15. The van der Waals surface area contributed by atoms with Crippen molar-refractivity contribution in [3.63, 3.8) is 0 Å². The van der Waals surface area contributed by atoms with Crippen molar-refractivity contribution in [3.8, 4) is 0 Å². The SMILES string of the molecule is O=C(O)c1cc2cc(Cl)cc(Cn3cc(Cc4ccccc4F)nn3)c2[nH]c1=O. The van der Waals surface area contributed by atoms with E-state index in [9.17, 15) is 14.0 Å². The van der Waals surface area contributed by atoms with Crippen molar-refractivity contribution in [2.24, 2.45) is 0 Å². The molecular weight excluding hydrogens is 399 g/mol. The maximum atomic E-state index is 13.8.